The van der Waals surface area contributed by atoms with E-state index in [9.17, 15) is 31.1 Å². The number of nitrogens with zero attached hydrogens (tertiary/aromatic N) is 3. The number of piperidine rings is 1. The Morgan fingerprint density at radius 1 is 0.771 bits per heavy atom. The molecule has 0 unspecified atom stereocenters. The first-order chi connectivity index (χ1) is 16.4. The maximum Gasteiger partial charge on any atom is 0.416 e. The van der Waals surface area contributed by atoms with Crippen molar-refractivity contribution >= 4 is 28.9 Å². The molecule has 0 atom stereocenters. The highest BCUT2D eigenvalue weighted by atomic mass is 35.5. The zero-order valence-electron chi connectivity index (χ0n) is 18.7. The van der Waals surface area contributed by atoms with Gasteiger partial charge in [-0.2, -0.15) is 26.3 Å². The first kappa shape index (κ1) is 25.5. The molecule has 2 fully saturated rings. The quantitative estimate of drug-likeness (QED) is 0.459. The highest BCUT2D eigenvalue weighted by Gasteiger charge is 2.41. The van der Waals surface area contributed by atoms with E-state index in [1.807, 2.05) is 9.80 Å². The number of alkyl halides is 6. The molecule has 4 nitrogen and oxygen atoms in total. The zero-order valence-corrected chi connectivity index (χ0v) is 19.4. The average molecular weight is 520 g/mol. The molecule has 35 heavy (non-hydrogen) atoms. The monoisotopic (exact) mass is 519 g/mol. The largest absolute Gasteiger partial charge is 0.416 e. The molecule has 0 bridgehead atoms. The van der Waals surface area contributed by atoms with Gasteiger partial charge in [-0.1, -0.05) is 11.6 Å². The molecule has 2 aromatic carbocycles. The minimum atomic E-state index is -4.39. The van der Waals surface area contributed by atoms with Gasteiger partial charge < -0.3 is 14.7 Å². The lowest BCUT2D eigenvalue weighted by Gasteiger charge is -2.36. The number of rotatable bonds is 3. The SMILES string of the molecule is O=C(c1ccc(N2CCC(C(F)(F)F)CC2)cc1Cl)N1CCN(c2ccc(C(F)(F)F)cc2)CC1. The Morgan fingerprint density at radius 2 is 1.31 bits per heavy atom. The summed E-state index contributed by atoms with van der Waals surface area (Å²) in [5.74, 6) is -1.55. The van der Waals surface area contributed by atoms with Gasteiger partial charge in [0.1, 0.15) is 0 Å². The van der Waals surface area contributed by atoms with Crippen LogP contribution in [0, 0.1) is 5.92 Å². The summed E-state index contributed by atoms with van der Waals surface area (Å²) in [6, 6.07) is 9.84. The first-order valence-corrected chi connectivity index (χ1v) is 11.6. The zero-order chi connectivity index (χ0) is 25.4. The Balaban J connectivity index is 1.35. The fourth-order valence-electron chi connectivity index (χ4n) is 4.54. The Bertz CT molecular complexity index is 1040. The van der Waals surface area contributed by atoms with Gasteiger partial charge in [-0.05, 0) is 55.3 Å². The smallest absolute Gasteiger partial charge is 0.371 e. The van der Waals surface area contributed by atoms with Gasteiger partial charge in [-0.3, -0.25) is 4.79 Å². The molecular formula is C24H24ClF6N3O. The average Bonchev–Trinajstić information content (AvgIpc) is 2.83. The van der Waals surface area contributed by atoms with E-state index in [0.29, 0.717) is 43.1 Å². The molecule has 2 saturated heterocycles. The number of halogens is 7. The second kappa shape index (κ2) is 9.79. The van der Waals surface area contributed by atoms with Gasteiger partial charge in [0.25, 0.3) is 5.91 Å². The number of piperazine rings is 1. The topological polar surface area (TPSA) is 26.8 Å². The number of hydrogen-bond donors (Lipinski definition) is 0. The molecule has 0 spiro atoms. The van der Waals surface area contributed by atoms with Gasteiger partial charge in [-0.25, -0.2) is 0 Å². The van der Waals surface area contributed by atoms with Crippen LogP contribution in [0.5, 0.6) is 0 Å². The van der Waals surface area contributed by atoms with E-state index in [0.717, 1.165) is 12.1 Å². The van der Waals surface area contributed by atoms with Gasteiger partial charge in [0.15, 0.2) is 0 Å². The number of carbonyl (C=O) groups excluding carboxylic acids is 1. The number of benzene rings is 2. The van der Waals surface area contributed by atoms with Crippen molar-refractivity contribution in [2.75, 3.05) is 49.1 Å². The van der Waals surface area contributed by atoms with Crippen LogP contribution in [0.15, 0.2) is 42.5 Å². The third-order valence-corrected chi connectivity index (χ3v) is 6.95. The van der Waals surface area contributed by atoms with Crippen molar-refractivity contribution < 1.29 is 31.1 Å². The fraction of sp³-hybridized carbons (Fsp3) is 0.458. The van der Waals surface area contributed by atoms with Crippen LogP contribution in [0.3, 0.4) is 0 Å². The highest BCUT2D eigenvalue weighted by molar-refractivity contribution is 6.34. The molecule has 0 aromatic heterocycles. The van der Waals surface area contributed by atoms with Gasteiger partial charge >= 0.3 is 12.4 Å². The number of hydrogen-bond acceptors (Lipinski definition) is 3. The van der Waals surface area contributed by atoms with Crippen molar-refractivity contribution in [3.05, 3.63) is 58.6 Å². The van der Waals surface area contributed by atoms with Crippen LogP contribution < -0.4 is 9.80 Å². The molecule has 2 aromatic rings. The summed E-state index contributed by atoms with van der Waals surface area (Å²) in [6.07, 6.45) is -8.54. The molecule has 4 rings (SSSR count). The molecule has 0 radical (unpaired) electrons. The van der Waals surface area contributed by atoms with E-state index in [4.69, 9.17) is 11.6 Å². The van der Waals surface area contributed by atoms with Gasteiger partial charge in [0.05, 0.1) is 22.1 Å². The molecule has 190 valence electrons. The number of anilines is 2. The van der Waals surface area contributed by atoms with Crippen molar-refractivity contribution in [1.82, 2.24) is 4.90 Å². The normalized spacial score (nSPS) is 18.2. The minimum Gasteiger partial charge on any atom is -0.371 e. The van der Waals surface area contributed by atoms with Crippen molar-refractivity contribution in [2.45, 2.75) is 25.2 Å². The lowest BCUT2D eigenvalue weighted by molar-refractivity contribution is -0.179. The molecule has 2 aliphatic rings. The minimum absolute atomic E-state index is 0.0189. The van der Waals surface area contributed by atoms with Crippen LogP contribution >= 0.6 is 11.6 Å². The summed E-state index contributed by atoms with van der Waals surface area (Å²) in [5.41, 5.74) is 0.933. The Hall–Kier alpha value is -2.62. The van der Waals surface area contributed by atoms with Crippen LogP contribution in [0.25, 0.3) is 0 Å². The van der Waals surface area contributed by atoms with Crippen molar-refractivity contribution in [1.29, 1.82) is 0 Å². The van der Waals surface area contributed by atoms with Gasteiger partial charge in [0, 0.05) is 50.6 Å². The molecule has 2 aliphatic heterocycles. The second-order valence-corrected chi connectivity index (χ2v) is 9.20. The van der Waals surface area contributed by atoms with E-state index < -0.39 is 23.8 Å². The molecular weight excluding hydrogens is 496 g/mol. The Labute approximate surface area is 204 Å². The summed E-state index contributed by atoms with van der Waals surface area (Å²) in [4.78, 5) is 18.4. The molecule has 11 heteroatoms. The second-order valence-electron chi connectivity index (χ2n) is 8.79. The summed E-state index contributed by atoms with van der Waals surface area (Å²) in [7, 11) is 0. The number of carbonyl (C=O) groups is 1. The van der Waals surface area contributed by atoms with E-state index in [1.165, 1.54) is 12.1 Å². The molecule has 2 heterocycles. The number of amides is 1. The summed E-state index contributed by atoms with van der Waals surface area (Å²) in [5, 5.41) is 0.232. The van der Waals surface area contributed by atoms with Gasteiger partial charge in [-0.15, -0.1) is 0 Å². The molecule has 0 aliphatic carbocycles. The predicted octanol–water partition coefficient (Wildman–Crippen LogP) is 6.10. The van der Waals surface area contributed by atoms with Crippen molar-refractivity contribution in [2.24, 2.45) is 5.92 Å². The van der Waals surface area contributed by atoms with Crippen molar-refractivity contribution in [3.63, 3.8) is 0 Å². The fourth-order valence-corrected chi connectivity index (χ4v) is 4.79. The first-order valence-electron chi connectivity index (χ1n) is 11.3. The molecule has 1 amide bonds. The van der Waals surface area contributed by atoms with Crippen LogP contribution in [0.4, 0.5) is 37.7 Å². The summed E-state index contributed by atoms with van der Waals surface area (Å²) < 4.78 is 77.0. The maximum atomic E-state index is 13.0. The van der Waals surface area contributed by atoms with Gasteiger partial charge in [0.2, 0.25) is 0 Å². The van der Waals surface area contributed by atoms with Crippen LogP contribution in [-0.2, 0) is 6.18 Å². The van der Waals surface area contributed by atoms with Crippen LogP contribution in [0.1, 0.15) is 28.8 Å². The Kier molecular flexibility index (Phi) is 7.13. The summed E-state index contributed by atoms with van der Waals surface area (Å²) in [6.45, 7) is 2.20. The van der Waals surface area contributed by atoms with E-state index in [2.05, 4.69) is 0 Å². The molecule has 0 N–H and O–H groups in total. The van der Waals surface area contributed by atoms with Crippen LogP contribution in [-0.4, -0.2) is 56.3 Å². The lowest BCUT2D eigenvalue weighted by Crippen LogP contribution is -2.48. The van der Waals surface area contributed by atoms with Crippen molar-refractivity contribution in [3.8, 4) is 0 Å². The highest BCUT2D eigenvalue weighted by Crippen LogP contribution is 2.36. The third-order valence-electron chi connectivity index (χ3n) is 6.63. The van der Waals surface area contributed by atoms with E-state index in [-0.39, 0.29) is 36.9 Å². The Morgan fingerprint density at radius 3 is 1.83 bits per heavy atom. The lowest BCUT2D eigenvalue weighted by atomic mass is 9.96. The van der Waals surface area contributed by atoms with E-state index >= 15 is 0 Å². The van der Waals surface area contributed by atoms with Crippen LogP contribution in [0.2, 0.25) is 5.02 Å². The maximum absolute atomic E-state index is 13.0. The predicted molar refractivity (Wildman–Crippen MR) is 122 cm³/mol. The van der Waals surface area contributed by atoms with E-state index in [1.54, 1.807) is 23.1 Å². The summed E-state index contributed by atoms with van der Waals surface area (Å²) >= 11 is 6.38. The standard InChI is InChI=1S/C24H24ClF6N3O/c25-21-15-19(32-9-7-17(8-10-32)24(29,30)31)5-6-20(21)22(35)34-13-11-33(12-14-34)18-3-1-16(2-4-18)23(26,27)28/h1-6,15,17H,7-14H2. The molecule has 0 saturated carbocycles. The third kappa shape index (κ3) is 5.79.